The van der Waals surface area contributed by atoms with E-state index in [1.54, 1.807) is 6.08 Å². The average Bonchev–Trinajstić information content (AvgIpc) is 2.98. The number of carbonyl (C=O) groups is 1. The van der Waals surface area contributed by atoms with Crippen LogP contribution in [0.25, 0.3) is 0 Å². The fourth-order valence-electron chi connectivity index (χ4n) is 2.55. The van der Waals surface area contributed by atoms with E-state index in [0.29, 0.717) is 6.54 Å². The van der Waals surface area contributed by atoms with E-state index < -0.39 is 0 Å². The second-order valence-electron chi connectivity index (χ2n) is 5.19. The van der Waals surface area contributed by atoms with E-state index in [4.69, 9.17) is 0 Å². The number of amides is 2. The van der Waals surface area contributed by atoms with Gasteiger partial charge in [0.1, 0.15) is 5.82 Å². The molecule has 0 unspecified atom stereocenters. The smallest absolute Gasteiger partial charge is 0.317 e. The maximum Gasteiger partial charge on any atom is 0.317 e. The van der Waals surface area contributed by atoms with Crippen LogP contribution in [0.5, 0.6) is 0 Å². The fraction of sp³-hybridized carbons (Fsp3) is 0.600. The molecule has 0 saturated carbocycles. The van der Waals surface area contributed by atoms with Crippen LogP contribution in [0.4, 0.5) is 4.79 Å². The molecule has 6 nitrogen and oxygen atoms in total. The van der Waals surface area contributed by atoms with Crippen LogP contribution in [0, 0.1) is 0 Å². The Bertz CT molecular complexity index is 462. The van der Waals surface area contributed by atoms with E-state index >= 15 is 0 Å². The lowest BCUT2D eigenvalue weighted by Gasteiger charge is -2.34. The summed E-state index contributed by atoms with van der Waals surface area (Å²) in [6.45, 7) is 11.7. The van der Waals surface area contributed by atoms with Crippen LogP contribution in [0.2, 0.25) is 0 Å². The van der Waals surface area contributed by atoms with E-state index in [2.05, 4.69) is 33.3 Å². The maximum atomic E-state index is 11.8. The van der Waals surface area contributed by atoms with Crippen molar-refractivity contribution in [3.8, 4) is 0 Å². The monoisotopic (exact) mass is 291 g/mol. The van der Waals surface area contributed by atoms with E-state index in [0.717, 1.165) is 51.5 Å². The van der Waals surface area contributed by atoms with Gasteiger partial charge in [-0.05, 0) is 0 Å². The Kier molecular flexibility index (Phi) is 5.80. The number of imidazole rings is 1. The summed E-state index contributed by atoms with van der Waals surface area (Å²) < 4.78 is 2.21. The van der Waals surface area contributed by atoms with Gasteiger partial charge < -0.3 is 14.8 Å². The van der Waals surface area contributed by atoms with Crippen LogP contribution in [0.1, 0.15) is 12.7 Å². The third kappa shape index (κ3) is 4.32. The van der Waals surface area contributed by atoms with Crippen molar-refractivity contribution in [2.75, 3.05) is 39.3 Å². The molecular weight excluding hydrogens is 266 g/mol. The first kappa shape index (κ1) is 15.6. The van der Waals surface area contributed by atoms with Gasteiger partial charge in [-0.15, -0.1) is 6.58 Å². The summed E-state index contributed by atoms with van der Waals surface area (Å²) in [5.74, 6) is 1.14. The number of nitrogens with zero attached hydrogens (tertiary/aromatic N) is 4. The molecule has 2 amide bonds. The molecule has 0 radical (unpaired) electrons. The zero-order valence-corrected chi connectivity index (χ0v) is 12.8. The highest BCUT2D eigenvalue weighted by Gasteiger charge is 2.20. The number of hydrogen-bond acceptors (Lipinski definition) is 3. The summed E-state index contributed by atoms with van der Waals surface area (Å²) in [7, 11) is 0. The van der Waals surface area contributed by atoms with Gasteiger partial charge in [0.2, 0.25) is 0 Å². The van der Waals surface area contributed by atoms with Crippen molar-refractivity contribution in [3.63, 3.8) is 0 Å². The molecule has 1 saturated heterocycles. The zero-order chi connectivity index (χ0) is 15.1. The van der Waals surface area contributed by atoms with Gasteiger partial charge in [-0.2, -0.15) is 0 Å². The highest BCUT2D eigenvalue weighted by Crippen LogP contribution is 2.04. The van der Waals surface area contributed by atoms with E-state index in [-0.39, 0.29) is 6.03 Å². The van der Waals surface area contributed by atoms with Crippen molar-refractivity contribution < 1.29 is 4.79 Å². The molecule has 0 aromatic carbocycles. The van der Waals surface area contributed by atoms with E-state index in [1.807, 2.05) is 17.3 Å². The Hall–Kier alpha value is -1.82. The van der Waals surface area contributed by atoms with Crippen LogP contribution < -0.4 is 5.32 Å². The molecule has 1 aliphatic rings. The Morgan fingerprint density at radius 3 is 2.81 bits per heavy atom. The van der Waals surface area contributed by atoms with Crippen molar-refractivity contribution in [2.45, 2.75) is 19.9 Å². The van der Waals surface area contributed by atoms with Gasteiger partial charge in [0.15, 0.2) is 0 Å². The largest absolute Gasteiger partial charge is 0.335 e. The summed E-state index contributed by atoms with van der Waals surface area (Å²) >= 11 is 0. The molecule has 21 heavy (non-hydrogen) atoms. The highest BCUT2D eigenvalue weighted by atomic mass is 16.2. The van der Waals surface area contributed by atoms with Crippen LogP contribution >= 0.6 is 0 Å². The van der Waals surface area contributed by atoms with Crippen molar-refractivity contribution in [1.82, 2.24) is 24.7 Å². The number of nitrogens with one attached hydrogen (secondary N) is 1. The van der Waals surface area contributed by atoms with Crippen LogP contribution in [-0.4, -0.2) is 64.7 Å². The zero-order valence-electron chi connectivity index (χ0n) is 12.8. The molecule has 1 aliphatic heterocycles. The second kappa shape index (κ2) is 7.83. The summed E-state index contributed by atoms with van der Waals surface area (Å²) in [5, 5.41) is 2.82. The van der Waals surface area contributed by atoms with Crippen molar-refractivity contribution in [3.05, 3.63) is 30.9 Å². The van der Waals surface area contributed by atoms with Crippen LogP contribution in [0.3, 0.4) is 0 Å². The van der Waals surface area contributed by atoms with E-state index in [1.165, 1.54) is 0 Å². The molecule has 0 atom stereocenters. The number of piperazine rings is 1. The van der Waals surface area contributed by atoms with Gasteiger partial charge in [0.25, 0.3) is 0 Å². The summed E-state index contributed by atoms with van der Waals surface area (Å²) in [6.07, 6.45) is 6.56. The first-order valence-electron chi connectivity index (χ1n) is 7.60. The minimum absolute atomic E-state index is 0.0115. The molecule has 2 heterocycles. The average molecular weight is 291 g/mol. The molecule has 1 N–H and O–H groups in total. The minimum atomic E-state index is 0.0115. The van der Waals surface area contributed by atoms with Gasteiger partial charge in [-0.25, -0.2) is 9.78 Å². The van der Waals surface area contributed by atoms with Gasteiger partial charge in [-0.1, -0.05) is 13.0 Å². The third-order valence-electron chi connectivity index (χ3n) is 3.83. The fourth-order valence-corrected chi connectivity index (χ4v) is 2.55. The van der Waals surface area contributed by atoms with Crippen molar-refractivity contribution in [1.29, 1.82) is 0 Å². The third-order valence-corrected chi connectivity index (χ3v) is 3.83. The summed E-state index contributed by atoms with van der Waals surface area (Å²) in [5.41, 5.74) is 0. The summed E-state index contributed by atoms with van der Waals surface area (Å²) in [4.78, 5) is 20.4. The molecule has 1 fully saturated rings. The quantitative estimate of drug-likeness (QED) is 0.794. The predicted molar refractivity (Wildman–Crippen MR) is 83.2 cm³/mol. The van der Waals surface area contributed by atoms with Gasteiger partial charge in [0.05, 0.1) is 0 Å². The number of hydrogen-bond donors (Lipinski definition) is 1. The van der Waals surface area contributed by atoms with Crippen LogP contribution in [0.15, 0.2) is 25.0 Å². The van der Waals surface area contributed by atoms with Gasteiger partial charge >= 0.3 is 6.03 Å². The molecular formula is C15H25N5O. The summed E-state index contributed by atoms with van der Waals surface area (Å²) in [6, 6.07) is 0.0115. The molecule has 1 aromatic rings. The molecule has 116 valence electrons. The Labute approximate surface area is 126 Å². The molecule has 0 spiro atoms. The van der Waals surface area contributed by atoms with Crippen molar-refractivity contribution in [2.24, 2.45) is 0 Å². The number of urea groups is 1. The number of rotatable bonds is 6. The molecule has 6 heteroatoms. The number of aryl methyl sites for hydroxylation is 1. The van der Waals surface area contributed by atoms with Crippen LogP contribution in [-0.2, 0) is 13.0 Å². The van der Waals surface area contributed by atoms with Gasteiger partial charge in [0, 0.05) is 64.6 Å². The van der Waals surface area contributed by atoms with E-state index in [9.17, 15) is 4.79 Å². The topological polar surface area (TPSA) is 53.4 Å². The minimum Gasteiger partial charge on any atom is -0.335 e. The normalized spacial score (nSPS) is 16.0. The molecule has 0 aliphatic carbocycles. The second-order valence-corrected chi connectivity index (χ2v) is 5.19. The lowest BCUT2D eigenvalue weighted by Crippen LogP contribution is -2.52. The maximum absolute atomic E-state index is 11.8. The highest BCUT2D eigenvalue weighted by molar-refractivity contribution is 5.74. The lowest BCUT2D eigenvalue weighted by molar-refractivity contribution is 0.137. The Morgan fingerprint density at radius 1 is 1.38 bits per heavy atom. The first-order valence-corrected chi connectivity index (χ1v) is 7.60. The predicted octanol–water partition coefficient (Wildman–Crippen LogP) is 0.959. The Morgan fingerprint density at radius 2 is 2.14 bits per heavy atom. The SMILES string of the molecule is C=CCNC(=O)N1CCN(CCn2ccnc2CC)CC1. The molecule has 0 bridgehead atoms. The van der Waals surface area contributed by atoms with Crippen molar-refractivity contribution >= 4 is 6.03 Å². The van der Waals surface area contributed by atoms with Gasteiger partial charge in [-0.3, -0.25) is 4.90 Å². The molecule has 2 rings (SSSR count). The number of aromatic nitrogens is 2. The first-order chi connectivity index (χ1) is 10.2. The Balaban J connectivity index is 1.72. The standard InChI is InChI=1S/C15H25N5O/c1-3-5-17-15(21)20-12-9-18(10-13-20)8-11-19-7-6-16-14(19)4-2/h3,6-7H,1,4-5,8-13H2,2H3,(H,17,21). The number of carbonyl (C=O) groups excluding carboxylic acids is 1. The lowest BCUT2D eigenvalue weighted by atomic mass is 10.3. The molecule has 1 aromatic heterocycles.